The summed E-state index contributed by atoms with van der Waals surface area (Å²) in [6, 6.07) is 11.0. The quantitative estimate of drug-likeness (QED) is 0.858. The number of urea groups is 1. The van der Waals surface area contributed by atoms with Crippen molar-refractivity contribution in [2.45, 2.75) is 19.4 Å². The van der Waals surface area contributed by atoms with Crippen LogP contribution in [0.3, 0.4) is 0 Å². The van der Waals surface area contributed by atoms with Crippen LogP contribution in [0.15, 0.2) is 41.8 Å². The molecule has 0 saturated carbocycles. The second-order valence-corrected chi connectivity index (χ2v) is 6.55. The molecule has 23 heavy (non-hydrogen) atoms. The van der Waals surface area contributed by atoms with Crippen molar-refractivity contribution in [3.05, 3.63) is 52.2 Å². The van der Waals surface area contributed by atoms with Crippen LogP contribution in [-0.2, 0) is 10.3 Å². The molecule has 5 nitrogen and oxygen atoms in total. The van der Waals surface area contributed by atoms with Gasteiger partial charge in [0.2, 0.25) is 0 Å². The van der Waals surface area contributed by atoms with E-state index in [1.165, 1.54) is 16.2 Å². The molecule has 1 N–H and O–H groups in total. The number of thiophene rings is 1. The third-order valence-electron chi connectivity index (χ3n) is 3.95. The number of nitrogens with one attached hydrogen (secondary N) is 1. The zero-order valence-electron chi connectivity index (χ0n) is 13.0. The highest BCUT2D eigenvalue weighted by Crippen LogP contribution is 2.31. The van der Waals surface area contributed by atoms with Crippen LogP contribution in [0.1, 0.15) is 17.4 Å². The lowest BCUT2D eigenvalue weighted by molar-refractivity contribution is -0.131. The number of hydrogen-bond acceptors (Lipinski definition) is 4. The molecule has 0 spiro atoms. The average molecular weight is 330 g/mol. The smallest absolute Gasteiger partial charge is 0.325 e. The predicted molar refractivity (Wildman–Crippen MR) is 88.6 cm³/mol. The van der Waals surface area contributed by atoms with Crippen molar-refractivity contribution in [3.63, 3.8) is 0 Å². The largest absolute Gasteiger partial charge is 0.491 e. The van der Waals surface area contributed by atoms with Gasteiger partial charge in [0.15, 0.2) is 5.54 Å². The second kappa shape index (κ2) is 6.04. The number of imide groups is 1. The van der Waals surface area contributed by atoms with Crippen molar-refractivity contribution in [2.24, 2.45) is 0 Å². The Morgan fingerprint density at radius 1 is 1.22 bits per heavy atom. The minimum Gasteiger partial charge on any atom is -0.491 e. The molecule has 120 valence electrons. The molecule has 2 aromatic rings. The molecule has 3 rings (SSSR count). The maximum atomic E-state index is 12.6. The number of nitrogens with zero attached hydrogens (tertiary/aromatic N) is 1. The van der Waals surface area contributed by atoms with Crippen LogP contribution in [0, 0.1) is 6.92 Å². The van der Waals surface area contributed by atoms with Gasteiger partial charge in [-0.3, -0.25) is 9.69 Å². The minimum atomic E-state index is -0.978. The van der Waals surface area contributed by atoms with Crippen LogP contribution in [0.5, 0.6) is 5.75 Å². The summed E-state index contributed by atoms with van der Waals surface area (Å²) in [5, 5.41) is 4.68. The molecule has 1 saturated heterocycles. The molecular weight excluding hydrogens is 312 g/mol. The number of hydrogen-bond donors (Lipinski definition) is 1. The fraction of sp³-hybridized carbons (Fsp3) is 0.294. The van der Waals surface area contributed by atoms with Gasteiger partial charge < -0.3 is 10.1 Å². The monoisotopic (exact) mass is 330 g/mol. The maximum Gasteiger partial charge on any atom is 0.325 e. The zero-order chi connectivity index (χ0) is 16.4. The molecule has 1 aliphatic rings. The molecule has 0 aliphatic carbocycles. The van der Waals surface area contributed by atoms with Gasteiger partial charge in [-0.05, 0) is 36.9 Å². The van der Waals surface area contributed by atoms with E-state index in [0.29, 0.717) is 0 Å². The number of carbonyl (C=O) groups excluding carboxylic acids is 2. The van der Waals surface area contributed by atoms with E-state index in [2.05, 4.69) is 5.32 Å². The van der Waals surface area contributed by atoms with E-state index in [-0.39, 0.29) is 25.1 Å². The van der Waals surface area contributed by atoms with Gasteiger partial charge in [-0.25, -0.2) is 4.79 Å². The van der Waals surface area contributed by atoms with E-state index in [9.17, 15) is 9.59 Å². The summed E-state index contributed by atoms with van der Waals surface area (Å²) in [5.74, 6) is 0.527. The van der Waals surface area contributed by atoms with Gasteiger partial charge in [-0.15, -0.1) is 11.3 Å². The second-order valence-electron chi connectivity index (χ2n) is 5.60. The SMILES string of the molecule is Cc1ccccc1OCCN1C(=O)NC(C)(c2cccs2)C1=O. The standard InChI is InChI=1S/C17H18N2O3S/c1-12-6-3-4-7-13(12)22-10-9-19-15(20)17(2,18-16(19)21)14-8-5-11-23-14/h3-8,11H,9-10H2,1-2H3,(H,18,21). The lowest BCUT2D eigenvalue weighted by Gasteiger charge is -2.20. The van der Waals surface area contributed by atoms with E-state index in [0.717, 1.165) is 16.2 Å². The van der Waals surface area contributed by atoms with E-state index in [1.807, 2.05) is 48.7 Å². The maximum absolute atomic E-state index is 12.6. The third-order valence-corrected chi connectivity index (χ3v) is 5.05. The molecule has 1 unspecified atom stereocenters. The van der Waals surface area contributed by atoms with Crippen molar-refractivity contribution in [3.8, 4) is 5.75 Å². The Morgan fingerprint density at radius 3 is 2.70 bits per heavy atom. The number of ether oxygens (including phenoxy) is 1. The predicted octanol–water partition coefficient (Wildman–Crippen LogP) is 2.90. The van der Waals surface area contributed by atoms with Crippen LogP contribution < -0.4 is 10.1 Å². The van der Waals surface area contributed by atoms with Gasteiger partial charge in [-0.2, -0.15) is 0 Å². The first-order valence-corrected chi connectivity index (χ1v) is 8.27. The van der Waals surface area contributed by atoms with Crippen molar-refractivity contribution < 1.29 is 14.3 Å². The van der Waals surface area contributed by atoms with Gasteiger partial charge in [0, 0.05) is 4.88 Å². The number of aryl methyl sites for hydroxylation is 1. The first-order chi connectivity index (χ1) is 11.0. The van der Waals surface area contributed by atoms with Crippen LogP contribution >= 0.6 is 11.3 Å². The van der Waals surface area contributed by atoms with E-state index >= 15 is 0 Å². The topological polar surface area (TPSA) is 58.6 Å². The van der Waals surface area contributed by atoms with Crippen molar-refractivity contribution in [1.29, 1.82) is 0 Å². The van der Waals surface area contributed by atoms with Crippen LogP contribution in [0.4, 0.5) is 4.79 Å². The lowest BCUT2D eigenvalue weighted by Crippen LogP contribution is -2.40. The van der Waals surface area contributed by atoms with Gasteiger partial charge in [0.05, 0.1) is 6.54 Å². The Balaban J connectivity index is 1.66. The molecule has 1 aliphatic heterocycles. The fourth-order valence-corrected chi connectivity index (χ4v) is 3.43. The van der Waals surface area contributed by atoms with Gasteiger partial charge >= 0.3 is 6.03 Å². The molecule has 6 heteroatoms. The molecule has 1 aromatic carbocycles. The molecule has 1 atom stereocenters. The lowest BCUT2D eigenvalue weighted by atomic mass is 10.0. The van der Waals surface area contributed by atoms with Crippen molar-refractivity contribution in [2.75, 3.05) is 13.2 Å². The molecule has 0 radical (unpaired) electrons. The Labute approximate surface area is 138 Å². The number of rotatable bonds is 5. The highest BCUT2D eigenvalue weighted by atomic mass is 32.1. The average Bonchev–Trinajstić information content (AvgIpc) is 3.13. The Morgan fingerprint density at radius 2 is 2.00 bits per heavy atom. The minimum absolute atomic E-state index is 0.222. The Hall–Kier alpha value is -2.34. The van der Waals surface area contributed by atoms with E-state index < -0.39 is 5.54 Å². The number of benzene rings is 1. The summed E-state index contributed by atoms with van der Waals surface area (Å²) in [5.41, 5.74) is 0.0432. The number of carbonyl (C=O) groups is 2. The molecule has 3 amide bonds. The summed E-state index contributed by atoms with van der Waals surface area (Å²) >= 11 is 1.46. The summed E-state index contributed by atoms with van der Waals surface area (Å²) in [6.45, 7) is 4.18. The van der Waals surface area contributed by atoms with E-state index in [4.69, 9.17) is 4.74 Å². The molecule has 2 heterocycles. The van der Waals surface area contributed by atoms with Crippen molar-refractivity contribution >= 4 is 23.3 Å². The zero-order valence-corrected chi connectivity index (χ0v) is 13.9. The normalized spacial score (nSPS) is 20.7. The van der Waals surface area contributed by atoms with E-state index in [1.54, 1.807) is 6.92 Å². The molecular formula is C17H18N2O3S. The third kappa shape index (κ3) is 2.82. The number of amides is 3. The Bertz CT molecular complexity index is 729. The van der Waals surface area contributed by atoms with Gasteiger partial charge in [-0.1, -0.05) is 24.3 Å². The first-order valence-electron chi connectivity index (χ1n) is 7.39. The summed E-state index contributed by atoms with van der Waals surface area (Å²) < 4.78 is 5.68. The summed E-state index contributed by atoms with van der Waals surface area (Å²) in [6.07, 6.45) is 0. The molecule has 0 bridgehead atoms. The molecule has 1 aromatic heterocycles. The van der Waals surface area contributed by atoms with Crippen LogP contribution in [0.25, 0.3) is 0 Å². The summed E-state index contributed by atoms with van der Waals surface area (Å²) in [7, 11) is 0. The van der Waals surface area contributed by atoms with Gasteiger partial charge in [0.1, 0.15) is 12.4 Å². The highest BCUT2D eigenvalue weighted by molar-refractivity contribution is 7.10. The molecule has 1 fully saturated rings. The number of para-hydroxylation sites is 1. The Kier molecular flexibility index (Phi) is 4.09. The fourth-order valence-electron chi connectivity index (χ4n) is 2.60. The summed E-state index contributed by atoms with van der Waals surface area (Å²) in [4.78, 5) is 26.8. The first kappa shape index (κ1) is 15.6. The van der Waals surface area contributed by atoms with Crippen molar-refractivity contribution in [1.82, 2.24) is 10.2 Å². The van der Waals surface area contributed by atoms with Gasteiger partial charge in [0.25, 0.3) is 5.91 Å². The van der Waals surface area contributed by atoms with Crippen LogP contribution in [0.2, 0.25) is 0 Å². The van der Waals surface area contributed by atoms with Crippen LogP contribution in [-0.4, -0.2) is 30.0 Å². The highest BCUT2D eigenvalue weighted by Gasteiger charge is 2.49.